The number of aryl methyl sites for hydroxylation is 1. The number of rotatable bonds is 8. The molecule has 0 atom stereocenters. The van der Waals surface area contributed by atoms with Gasteiger partial charge < -0.3 is 9.47 Å². The molecule has 0 spiro atoms. The number of thioether (sulfide) groups is 1. The summed E-state index contributed by atoms with van der Waals surface area (Å²) in [5.74, 6) is 0.126. The number of nitrogens with one attached hydrogen (secondary N) is 1. The molecular weight excluding hydrogens is 644 g/mol. The van der Waals surface area contributed by atoms with Gasteiger partial charge in [-0.3, -0.25) is 15.0 Å². The van der Waals surface area contributed by atoms with E-state index in [-0.39, 0.29) is 9.88 Å². The van der Waals surface area contributed by atoms with Crippen molar-refractivity contribution in [1.29, 1.82) is 0 Å². The third-order valence-electron chi connectivity index (χ3n) is 6.26. The van der Waals surface area contributed by atoms with Gasteiger partial charge in [0.15, 0.2) is 15.8 Å². The highest BCUT2D eigenvalue weighted by molar-refractivity contribution is 9.10. The van der Waals surface area contributed by atoms with E-state index in [1.807, 2.05) is 50.2 Å². The first-order chi connectivity index (χ1) is 19.7. The fourth-order valence-corrected chi connectivity index (χ4v) is 6.40. The zero-order valence-electron chi connectivity index (χ0n) is 22.1. The summed E-state index contributed by atoms with van der Waals surface area (Å²) in [4.78, 5) is 26.3. The molecule has 1 aliphatic rings. The van der Waals surface area contributed by atoms with Gasteiger partial charge in [0.25, 0.3) is 11.8 Å². The lowest BCUT2D eigenvalue weighted by molar-refractivity contribution is -0.123. The van der Waals surface area contributed by atoms with E-state index >= 15 is 0 Å². The zero-order chi connectivity index (χ0) is 29.1. The van der Waals surface area contributed by atoms with Crippen molar-refractivity contribution in [3.63, 3.8) is 0 Å². The predicted molar refractivity (Wildman–Crippen MR) is 172 cm³/mol. The molecule has 0 aromatic heterocycles. The summed E-state index contributed by atoms with van der Waals surface area (Å²) in [6.07, 6.45) is 1.70. The van der Waals surface area contributed by atoms with Gasteiger partial charge in [0, 0.05) is 0 Å². The number of amides is 2. The number of nitrogens with zero attached hydrogens (tertiary/aromatic N) is 1. The number of carbonyl (C=O) groups is 2. The maximum absolute atomic E-state index is 13.2. The van der Waals surface area contributed by atoms with Gasteiger partial charge in [-0.1, -0.05) is 71.9 Å². The lowest BCUT2D eigenvalue weighted by atomic mass is 10.1. The molecule has 0 radical (unpaired) electrons. The Labute approximate surface area is 260 Å². The SMILES string of the molecule is CCOc1cc(/C=C2/SC(=S)N(NC(=O)c3ccc(C)cc3Cl)C2=O)cc(Br)c1OCc1cccc2ccccc12. The number of hydrogen-bond donors (Lipinski definition) is 1. The second kappa shape index (κ2) is 12.7. The van der Waals surface area contributed by atoms with Crippen LogP contribution in [0.25, 0.3) is 16.8 Å². The highest BCUT2D eigenvalue weighted by Crippen LogP contribution is 2.40. The van der Waals surface area contributed by atoms with Crippen molar-refractivity contribution < 1.29 is 19.1 Å². The number of hydrazine groups is 1. The van der Waals surface area contributed by atoms with Gasteiger partial charge in [-0.25, -0.2) is 0 Å². The summed E-state index contributed by atoms with van der Waals surface area (Å²) in [7, 11) is 0. The van der Waals surface area contributed by atoms with Gasteiger partial charge in [-0.15, -0.1) is 0 Å². The molecule has 0 saturated carbocycles. The number of thiocarbonyl (C=S) groups is 1. The summed E-state index contributed by atoms with van der Waals surface area (Å²) in [5.41, 5.74) is 5.50. The minimum absolute atomic E-state index is 0.206. The van der Waals surface area contributed by atoms with Gasteiger partial charge in [-0.05, 0) is 99.8 Å². The third-order valence-corrected chi connectivity index (χ3v) is 8.46. The van der Waals surface area contributed by atoms with Gasteiger partial charge >= 0.3 is 0 Å². The van der Waals surface area contributed by atoms with E-state index in [0.717, 1.165) is 38.7 Å². The van der Waals surface area contributed by atoms with Crippen molar-refractivity contribution >= 4 is 84.5 Å². The maximum atomic E-state index is 13.2. The molecule has 208 valence electrons. The van der Waals surface area contributed by atoms with Crippen LogP contribution in [0.1, 0.15) is 34.0 Å². The Morgan fingerprint density at radius 2 is 1.88 bits per heavy atom. The molecule has 1 heterocycles. The van der Waals surface area contributed by atoms with Crippen LogP contribution in [0.3, 0.4) is 0 Å². The highest BCUT2D eigenvalue weighted by atomic mass is 79.9. The molecule has 0 aliphatic carbocycles. The number of fused-ring (bicyclic) bond motifs is 1. The minimum atomic E-state index is -0.526. The predicted octanol–water partition coefficient (Wildman–Crippen LogP) is 8.09. The molecule has 5 rings (SSSR count). The Balaban J connectivity index is 1.36. The van der Waals surface area contributed by atoms with Gasteiger partial charge in [0.1, 0.15) is 6.61 Å². The van der Waals surface area contributed by atoms with Crippen LogP contribution >= 0.6 is 51.5 Å². The van der Waals surface area contributed by atoms with Crippen molar-refractivity contribution in [3.8, 4) is 11.5 Å². The van der Waals surface area contributed by atoms with Gasteiger partial charge in [0.05, 0.1) is 26.6 Å². The summed E-state index contributed by atoms with van der Waals surface area (Å²) >= 11 is 16.3. The van der Waals surface area contributed by atoms with Crippen molar-refractivity contribution in [2.75, 3.05) is 6.61 Å². The smallest absolute Gasteiger partial charge is 0.285 e. The number of ether oxygens (including phenoxy) is 2. The number of benzene rings is 4. The monoisotopic (exact) mass is 666 g/mol. The molecule has 6 nitrogen and oxygen atoms in total. The van der Waals surface area contributed by atoms with E-state index < -0.39 is 11.8 Å². The molecule has 1 aliphatic heterocycles. The van der Waals surface area contributed by atoms with Gasteiger partial charge in [0.2, 0.25) is 0 Å². The van der Waals surface area contributed by atoms with E-state index in [2.05, 4.69) is 39.6 Å². The molecule has 1 fully saturated rings. The van der Waals surface area contributed by atoms with Gasteiger partial charge in [-0.2, -0.15) is 5.01 Å². The van der Waals surface area contributed by atoms with Crippen LogP contribution in [0.2, 0.25) is 5.02 Å². The molecule has 2 amide bonds. The zero-order valence-corrected chi connectivity index (χ0v) is 26.0. The summed E-state index contributed by atoms with van der Waals surface area (Å²) < 4.78 is 13.0. The quantitative estimate of drug-likeness (QED) is 0.151. The standard InChI is InChI=1S/C31H24BrClN2O4S2/c1-3-38-26-15-19(14-24(32)28(26)39-17-21-9-6-8-20-7-4-5-10-22(20)21)16-27-30(37)35(31(40)41-27)34-29(36)23-12-11-18(2)13-25(23)33/h4-16H,3,17H2,1-2H3,(H,34,36)/b27-16+. The van der Waals surface area contributed by atoms with Crippen molar-refractivity contribution in [1.82, 2.24) is 10.4 Å². The lowest BCUT2D eigenvalue weighted by Crippen LogP contribution is -2.44. The lowest BCUT2D eigenvalue weighted by Gasteiger charge is -2.16. The van der Waals surface area contributed by atoms with Crippen molar-refractivity contribution in [2.45, 2.75) is 20.5 Å². The largest absolute Gasteiger partial charge is 0.490 e. The topological polar surface area (TPSA) is 67.9 Å². The summed E-state index contributed by atoms with van der Waals surface area (Å²) in [5, 5.41) is 3.62. The summed E-state index contributed by atoms with van der Waals surface area (Å²) in [6.45, 7) is 4.54. The second-order valence-electron chi connectivity index (χ2n) is 9.13. The fraction of sp³-hybridized carbons (Fsp3) is 0.129. The highest BCUT2D eigenvalue weighted by Gasteiger charge is 2.34. The molecule has 0 unspecified atom stereocenters. The molecule has 10 heteroatoms. The van der Waals surface area contributed by atoms with E-state index in [9.17, 15) is 9.59 Å². The normalized spacial score (nSPS) is 14.1. The molecule has 4 aromatic carbocycles. The van der Waals surface area contributed by atoms with Crippen LogP contribution in [0, 0.1) is 6.92 Å². The molecular formula is C31H24BrClN2O4S2. The van der Waals surface area contributed by atoms with Crippen LogP contribution in [-0.4, -0.2) is 27.8 Å². The average molecular weight is 668 g/mol. The molecule has 41 heavy (non-hydrogen) atoms. The molecule has 0 bridgehead atoms. The molecule has 4 aromatic rings. The molecule has 1 saturated heterocycles. The van der Waals surface area contributed by atoms with Crippen LogP contribution in [0.5, 0.6) is 11.5 Å². The van der Waals surface area contributed by atoms with E-state index in [4.69, 9.17) is 33.3 Å². The Morgan fingerprint density at radius 3 is 2.66 bits per heavy atom. The molecule has 1 N–H and O–H groups in total. The first kappa shape index (κ1) is 29.1. The van der Waals surface area contributed by atoms with Crippen molar-refractivity contribution in [3.05, 3.63) is 109 Å². The Kier molecular flexibility index (Phi) is 8.99. The summed E-state index contributed by atoms with van der Waals surface area (Å²) in [6, 6.07) is 23.0. The van der Waals surface area contributed by atoms with Crippen LogP contribution in [0.15, 0.2) is 82.2 Å². The number of hydrogen-bond acceptors (Lipinski definition) is 6. The maximum Gasteiger partial charge on any atom is 0.285 e. The van der Waals surface area contributed by atoms with E-state index in [1.54, 1.807) is 24.3 Å². The Bertz CT molecular complexity index is 1720. The van der Waals surface area contributed by atoms with Crippen LogP contribution in [-0.2, 0) is 11.4 Å². The van der Waals surface area contributed by atoms with E-state index in [1.165, 1.54) is 0 Å². The third kappa shape index (κ3) is 6.43. The average Bonchev–Trinajstić information content (AvgIpc) is 3.20. The van der Waals surface area contributed by atoms with Crippen molar-refractivity contribution in [2.24, 2.45) is 0 Å². The second-order valence-corrected chi connectivity index (χ2v) is 12.1. The van der Waals surface area contributed by atoms with E-state index in [0.29, 0.717) is 44.7 Å². The number of carbonyl (C=O) groups excluding carboxylic acids is 2. The first-order valence-corrected chi connectivity index (χ1v) is 15.1. The Morgan fingerprint density at radius 1 is 1.10 bits per heavy atom. The Hall–Kier alpha value is -3.37. The van der Waals surface area contributed by atoms with Crippen LogP contribution < -0.4 is 14.9 Å². The van der Waals surface area contributed by atoms with Crippen LogP contribution in [0.4, 0.5) is 0 Å². The minimum Gasteiger partial charge on any atom is -0.490 e. The fourth-order valence-electron chi connectivity index (χ4n) is 4.32. The number of halogens is 2. The first-order valence-electron chi connectivity index (χ1n) is 12.7.